The average molecular weight is 289 g/mol. The number of benzene rings is 1. The van der Waals surface area contributed by atoms with Crippen LogP contribution in [-0.2, 0) is 0 Å². The van der Waals surface area contributed by atoms with E-state index >= 15 is 0 Å². The van der Waals surface area contributed by atoms with Crippen molar-refractivity contribution in [2.45, 2.75) is 12.6 Å². The van der Waals surface area contributed by atoms with Gasteiger partial charge in [-0.2, -0.15) is 13.2 Å². The molecular weight excluding hydrogens is 271 g/mol. The Balaban J connectivity index is 2.93. The maximum absolute atomic E-state index is 12.2. The van der Waals surface area contributed by atoms with Crippen LogP contribution < -0.4 is 10.6 Å². The Morgan fingerprint density at radius 2 is 1.85 bits per heavy atom. The Hall–Kier alpha value is -1.92. The Labute approximate surface area is 116 Å². The van der Waals surface area contributed by atoms with Gasteiger partial charge in [0.2, 0.25) is 0 Å². The predicted octanol–water partition coefficient (Wildman–Crippen LogP) is 2.36. The number of halogens is 3. The molecule has 0 aliphatic heterocycles. The molecule has 0 spiro atoms. The van der Waals surface area contributed by atoms with Crippen LogP contribution in [0.5, 0.6) is 0 Å². The van der Waals surface area contributed by atoms with Crippen LogP contribution in [0.25, 0.3) is 0 Å². The second-order valence-electron chi connectivity index (χ2n) is 4.76. The molecule has 1 aromatic rings. The smallest absolute Gasteiger partial charge is 0.390 e. The molecule has 0 aliphatic carbocycles. The summed E-state index contributed by atoms with van der Waals surface area (Å²) in [5, 5.41) is 0. The van der Waals surface area contributed by atoms with Gasteiger partial charge in [-0.05, 0) is 18.2 Å². The fraction of sp³-hybridized carbons (Fsp3) is 0.462. The molecule has 112 valence electrons. The molecule has 0 saturated heterocycles. The minimum atomic E-state index is -4.28. The molecule has 4 nitrogen and oxygen atoms in total. The number of hydrogen-bond donors (Lipinski definition) is 1. The number of nitrogens with two attached hydrogens (primary N) is 1. The summed E-state index contributed by atoms with van der Waals surface area (Å²) >= 11 is 0. The van der Waals surface area contributed by atoms with Crippen molar-refractivity contribution in [2.75, 3.05) is 38.3 Å². The molecule has 2 N–H and O–H groups in total. The first-order valence-electron chi connectivity index (χ1n) is 6.01. The third-order valence-electron chi connectivity index (χ3n) is 2.81. The van der Waals surface area contributed by atoms with Crippen molar-refractivity contribution in [1.29, 1.82) is 0 Å². The number of anilines is 2. The van der Waals surface area contributed by atoms with E-state index < -0.39 is 18.5 Å². The van der Waals surface area contributed by atoms with Gasteiger partial charge in [0.15, 0.2) is 0 Å². The van der Waals surface area contributed by atoms with Crippen molar-refractivity contribution in [1.82, 2.24) is 4.90 Å². The molecule has 1 aromatic carbocycles. The standard InChI is InChI=1S/C13H18F3N3O/c1-18(2)11-5-4-9(17)8-10(11)12(20)19(3)7-6-13(14,15)16/h4-5,8H,6-7,17H2,1-3H3. The molecular formula is C13H18F3N3O. The van der Waals surface area contributed by atoms with Gasteiger partial charge in [-0.1, -0.05) is 0 Å². The third-order valence-corrected chi connectivity index (χ3v) is 2.81. The highest BCUT2D eigenvalue weighted by molar-refractivity contribution is 6.00. The Morgan fingerprint density at radius 3 is 2.35 bits per heavy atom. The van der Waals surface area contributed by atoms with E-state index in [-0.39, 0.29) is 6.54 Å². The number of rotatable bonds is 4. The summed E-state index contributed by atoms with van der Waals surface area (Å²) in [5.41, 5.74) is 6.94. The summed E-state index contributed by atoms with van der Waals surface area (Å²) in [5.74, 6) is -0.481. The lowest BCUT2D eigenvalue weighted by atomic mass is 10.1. The Kier molecular flexibility index (Phi) is 4.86. The van der Waals surface area contributed by atoms with Gasteiger partial charge in [0.25, 0.3) is 5.91 Å². The fourth-order valence-corrected chi connectivity index (χ4v) is 1.72. The summed E-state index contributed by atoms with van der Waals surface area (Å²) in [6.45, 7) is -0.385. The van der Waals surface area contributed by atoms with Crippen LogP contribution in [0, 0.1) is 0 Å². The minimum absolute atomic E-state index is 0.291. The van der Waals surface area contributed by atoms with Crippen LogP contribution >= 0.6 is 0 Å². The van der Waals surface area contributed by atoms with Crippen LogP contribution in [-0.4, -0.2) is 44.7 Å². The molecule has 0 saturated carbocycles. The van der Waals surface area contributed by atoms with Crippen molar-refractivity contribution in [2.24, 2.45) is 0 Å². The number of amides is 1. The molecule has 0 radical (unpaired) electrons. The average Bonchev–Trinajstić information content (AvgIpc) is 2.33. The summed E-state index contributed by atoms with van der Waals surface area (Å²) in [4.78, 5) is 15.0. The maximum atomic E-state index is 12.2. The van der Waals surface area contributed by atoms with Crippen molar-refractivity contribution in [3.63, 3.8) is 0 Å². The van der Waals surface area contributed by atoms with Crippen LogP contribution in [0.2, 0.25) is 0 Å². The topological polar surface area (TPSA) is 49.6 Å². The summed E-state index contributed by atoms with van der Waals surface area (Å²) in [7, 11) is 4.84. The minimum Gasteiger partial charge on any atom is -0.399 e. The molecule has 0 heterocycles. The number of nitrogens with zero attached hydrogens (tertiary/aromatic N) is 2. The van der Waals surface area contributed by atoms with Crippen molar-refractivity contribution >= 4 is 17.3 Å². The first-order valence-corrected chi connectivity index (χ1v) is 6.01. The fourth-order valence-electron chi connectivity index (χ4n) is 1.72. The highest BCUT2D eigenvalue weighted by Crippen LogP contribution is 2.24. The third kappa shape index (κ3) is 4.32. The van der Waals surface area contributed by atoms with Crippen molar-refractivity contribution in [3.8, 4) is 0 Å². The van der Waals surface area contributed by atoms with E-state index in [9.17, 15) is 18.0 Å². The van der Waals surface area contributed by atoms with Gasteiger partial charge in [-0.3, -0.25) is 4.79 Å². The Morgan fingerprint density at radius 1 is 1.25 bits per heavy atom. The first kappa shape index (κ1) is 16.1. The molecule has 1 rings (SSSR count). The van der Waals surface area contributed by atoms with Gasteiger partial charge >= 0.3 is 6.18 Å². The molecule has 0 bridgehead atoms. The zero-order valence-corrected chi connectivity index (χ0v) is 11.7. The number of hydrogen-bond acceptors (Lipinski definition) is 3. The van der Waals surface area contributed by atoms with E-state index in [4.69, 9.17) is 5.73 Å². The Bertz CT molecular complexity index is 486. The molecule has 0 unspecified atom stereocenters. The lowest BCUT2D eigenvalue weighted by Gasteiger charge is -2.22. The predicted molar refractivity (Wildman–Crippen MR) is 72.8 cm³/mol. The normalized spacial score (nSPS) is 11.3. The lowest BCUT2D eigenvalue weighted by Crippen LogP contribution is -2.31. The highest BCUT2D eigenvalue weighted by Gasteiger charge is 2.28. The van der Waals surface area contributed by atoms with Crippen LogP contribution in [0.1, 0.15) is 16.8 Å². The summed E-state index contributed by atoms with van der Waals surface area (Å²) < 4.78 is 36.6. The van der Waals surface area contributed by atoms with E-state index in [1.165, 1.54) is 13.1 Å². The zero-order chi connectivity index (χ0) is 15.5. The van der Waals surface area contributed by atoms with Gasteiger partial charge in [-0.25, -0.2) is 0 Å². The van der Waals surface area contributed by atoms with Gasteiger partial charge in [0.05, 0.1) is 12.0 Å². The van der Waals surface area contributed by atoms with Crippen LogP contribution in [0.4, 0.5) is 24.5 Å². The van der Waals surface area contributed by atoms with E-state index in [1.807, 2.05) is 0 Å². The largest absolute Gasteiger partial charge is 0.399 e. The molecule has 0 aliphatic rings. The van der Waals surface area contributed by atoms with Gasteiger partial charge in [0, 0.05) is 39.1 Å². The van der Waals surface area contributed by atoms with E-state index in [2.05, 4.69) is 0 Å². The SMILES string of the molecule is CN(CCC(F)(F)F)C(=O)c1cc(N)ccc1N(C)C. The molecule has 0 atom stereocenters. The molecule has 20 heavy (non-hydrogen) atoms. The van der Waals surface area contributed by atoms with E-state index in [0.29, 0.717) is 16.9 Å². The first-order chi connectivity index (χ1) is 9.11. The van der Waals surface area contributed by atoms with Gasteiger partial charge in [0.1, 0.15) is 0 Å². The molecule has 7 heteroatoms. The molecule has 0 fully saturated rings. The molecule has 0 aromatic heterocycles. The highest BCUT2D eigenvalue weighted by atomic mass is 19.4. The van der Waals surface area contributed by atoms with Crippen LogP contribution in [0.3, 0.4) is 0 Å². The van der Waals surface area contributed by atoms with Gasteiger partial charge < -0.3 is 15.5 Å². The monoisotopic (exact) mass is 289 g/mol. The second kappa shape index (κ2) is 6.02. The zero-order valence-electron chi connectivity index (χ0n) is 11.7. The summed E-state index contributed by atoms with van der Waals surface area (Å²) in [6, 6.07) is 4.78. The van der Waals surface area contributed by atoms with Crippen LogP contribution in [0.15, 0.2) is 18.2 Å². The second-order valence-corrected chi connectivity index (χ2v) is 4.76. The number of nitrogen functional groups attached to an aromatic ring is 1. The maximum Gasteiger partial charge on any atom is 0.390 e. The van der Waals surface area contributed by atoms with Gasteiger partial charge in [-0.15, -0.1) is 0 Å². The lowest BCUT2D eigenvalue weighted by molar-refractivity contribution is -0.136. The number of carbonyl (C=O) groups is 1. The number of carbonyl (C=O) groups excluding carboxylic acids is 1. The number of alkyl halides is 3. The van der Waals surface area contributed by atoms with Crippen molar-refractivity contribution < 1.29 is 18.0 Å². The quantitative estimate of drug-likeness (QED) is 0.866. The van der Waals surface area contributed by atoms with Crippen molar-refractivity contribution in [3.05, 3.63) is 23.8 Å². The van der Waals surface area contributed by atoms with E-state index in [0.717, 1.165) is 4.90 Å². The summed E-state index contributed by atoms with van der Waals surface area (Å²) in [6.07, 6.45) is -5.32. The van der Waals surface area contributed by atoms with E-state index in [1.54, 1.807) is 31.1 Å². The molecule has 1 amide bonds.